The Morgan fingerprint density at radius 2 is 2.06 bits per heavy atom. The van der Waals surface area contributed by atoms with E-state index in [0.29, 0.717) is 0 Å². The van der Waals surface area contributed by atoms with Crippen molar-refractivity contribution < 1.29 is 14.6 Å². The summed E-state index contributed by atoms with van der Waals surface area (Å²) >= 11 is 2.22. The summed E-state index contributed by atoms with van der Waals surface area (Å²) < 4.78 is 8.71. The summed E-state index contributed by atoms with van der Waals surface area (Å²) in [6.45, 7) is 2.35. The predicted molar refractivity (Wildman–Crippen MR) is 135 cm³/mol. The molecule has 2 N–H and O–H groups in total. The number of amides is 1. The lowest BCUT2D eigenvalue weighted by atomic mass is 9.72. The number of carboxylic acid groups (broad SMARTS) is 1. The number of anilines is 1. The molecule has 34 heavy (non-hydrogen) atoms. The highest BCUT2D eigenvalue weighted by atomic mass is 127. The summed E-state index contributed by atoms with van der Waals surface area (Å²) in [5.41, 5.74) is 3.84. The second-order valence-electron chi connectivity index (χ2n) is 9.56. The first-order chi connectivity index (χ1) is 16.5. The monoisotopic (exact) mass is 574 g/mol. The van der Waals surface area contributed by atoms with Gasteiger partial charge in [-0.05, 0) is 72.2 Å². The average molecular weight is 574 g/mol. The predicted octanol–water partition coefficient (Wildman–Crippen LogP) is 4.28. The quantitative estimate of drug-likeness (QED) is 0.450. The Bertz CT molecular complexity index is 1230. The normalized spacial score (nSPS) is 23.9. The van der Waals surface area contributed by atoms with Crippen LogP contribution in [0.15, 0.2) is 30.5 Å². The third kappa shape index (κ3) is 3.71. The topological polar surface area (TPSA) is 105 Å². The minimum atomic E-state index is -0.965. The highest BCUT2D eigenvalue weighted by molar-refractivity contribution is 14.1. The van der Waals surface area contributed by atoms with E-state index in [-0.39, 0.29) is 17.7 Å². The lowest BCUT2D eigenvalue weighted by molar-refractivity contribution is -0.0372. The molecule has 1 aromatic carbocycles. The number of hydrogen-bond acceptors (Lipinski definition) is 6. The van der Waals surface area contributed by atoms with Crippen LogP contribution in [0.3, 0.4) is 0 Å². The number of ether oxygens (including phenoxy) is 1. The van der Waals surface area contributed by atoms with Crippen molar-refractivity contribution in [2.75, 3.05) is 24.6 Å². The van der Waals surface area contributed by atoms with Gasteiger partial charge in [-0.1, -0.05) is 24.3 Å². The van der Waals surface area contributed by atoms with Gasteiger partial charge in [-0.15, -0.1) is 0 Å². The molecule has 4 heterocycles. The van der Waals surface area contributed by atoms with Crippen LogP contribution in [0, 0.1) is 9.12 Å². The Labute approximate surface area is 211 Å². The maximum atomic E-state index is 11.6. The number of nitrogens with zero attached hydrogens (tertiary/aromatic N) is 5. The smallest absolute Gasteiger partial charge is 0.405 e. The summed E-state index contributed by atoms with van der Waals surface area (Å²) in [6.07, 6.45) is 6.59. The third-order valence-corrected chi connectivity index (χ3v) is 8.38. The highest BCUT2D eigenvalue weighted by Crippen LogP contribution is 2.52. The van der Waals surface area contributed by atoms with Gasteiger partial charge in [-0.25, -0.2) is 19.4 Å². The molecule has 0 radical (unpaired) electrons. The minimum Gasteiger partial charge on any atom is -0.465 e. The highest BCUT2D eigenvalue weighted by Gasteiger charge is 2.48. The molecule has 2 unspecified atom stereocenters. The molecule has 2 fully saturated rings. The summed E-state index contributed by atoms with van der Waals surface area (Å²) in [7, 11) is 0. The molecule has 0 saturated carbocycles. The molecule has 6 rings (SSSR count). The number of rotatable bonds is 3. The molecule has 1 amide bonds. The van der Waals surface area contributed by atoms with Crippen LogP contribution in [0.2, 0.25) is 0 Å². The van der Waals surface area contributed by atoms with Crippen LogP contribution in [-0.2, 0) is 11.2 Å². The SMILES string of the molecule is O=C(O)NC1c2ccccc2CC12CCN(c1cnc3c(I)nn(C4CCCCO4)c3n1)CC2. The van der Waals surface area contributed by atoms with E-state index in [4.69, 9.17) is 14.7 Å². The lowest BCUT2D eigenvalue weighted by Gasteiger charge is -2.43. The first kappa shape index (κ1) is 22.0. The van der Waals surface area contributed by atoms with Gasteiger partial charge in [0, 0.05) is 25.1 Å². The summed E-state index contributed by atoms with van der Waals surface area (Å²) in [4.78, 5) is 23.6. The van der Waals surface area contributed by atoms with Crippen molar-refractivity contribution in [1.29, 1.82) is 0 Å². The van der Waals surface area contributed by atoms with E-state index in [0.717, 1.165) is 84.5 Å². The van der Waals surface area contributed by atoms with Gasteiger partial charge in [0.25, 0.3) is 0 Å². The molecule has 0 bridgehead atoms. The Hall–Kier alpha value is -2.47. The Balaban J connectivity index is 1.26. The van der Waals surface area contributed by atoms with Crippen LogP contribution in [0.5, 0.6) is 0 Å². The Morgan fingerprint density at radius 1 is 1.24 bits per heavy atom. The number of carbonyl (C=O) groups is 1. The molecule has 3 aromatic rings. The zero-order valence-electron chi connectivity index (χ0n) is 18.8. The zero-order chi connectivity index (χ0) is 23.3. The molecular formula is C24H27IN6O3. The van der Waals surface area contributed by atoms with Gasteiger partial charge >= 0.3 is 6.09 Å². The molecule has 1 aliphatic carbocycles. The molecule has 2 aromatic heterocycles. The molecule has 178 valence electrons. The van der Waals surface area contributed by atoms with Crippen molar-refractivity contribution >= 4 is 45.7 Å². The van der Waals surface area contributed by atoms with Gasteiger partial charge in [0.2, 0.25) is 0 Å². The second kappa shape index (κ2) is 8.63. The Kier molecular flexibility index (Phi) is 5.59. The van der Waals surface area contributed by atoms with Crippen molar-refractivity contribution in [3.63, 3.8) is 0 Å². The summed E-state index contributed by atoms with van der Waals surface area (Å²) in [5.74, 6) is 0.842. The van der Waals surface area contributed by atoms with Crippen molar-refractivity contribution in [2.24, 2.45) is 5.41 Å². The number of benzene rings is 1. The van der Waals surface area contributed by atoms with Crippen LogP contribution >= 0.6 is 22.6 Å². The molecular weight excluding hydrogens is 547 g/mol. The maximum Gasteiger partial charge on any atom is 0.405 e. The number of halogens is 1. The van der Waals surface area contributed by atoms with Gasteiger partial charge in [-0.2, -0.15) is 5.10 Å². The van der Waals surface area contributed by atoms with Crippen molar-refractivity contribution in [2.45, 2.75) is 50.8 Å². The molecule has 2 aliphatic heterocycles. The zero-order valence-corrected chi connectivity index (χ0v) is 20.9. The maximum absolute atomic E-state index is 11.6. The molecule has 10 heteroatoms. The van der Waals surface area contributed by atoms with E-state index in [1.54, 1.807) is 0 Å². The first-order valence-electron chi connectivity index (χ1n) is 11.9. The van der Waals surface area contributed by atoms with Crippen LogP contribution in [0.4, 0.5) is 10.6 Å². The van der Waals surface area contributed by atoms with Crippen LogP contribution in [0.1, 0.15) is 55.5 Å². The molecule has 1 spiro atoms. The standard InChI is InChI=1S/C24H27IN6O3/c25-21-19-22(31(29-21)18-7-3-4-12-34-18)27-17(14-26-19)30-10-8-24(9-11-30)13-15-5-1-2-6-16(15)20(24)28-23(32)33/h1-2,5-6,14,18,20,28H,3-4,7-13H2,(H,32,33). The molecule has 2 atom stereocenters. The van der Waals surface area contributed by atoms with E-state index >= 15 is 0 Å². The van der Waals surface area contributed by atoms with Gasteiger partial charge in [-0.3, -0.25) is 0 Å². The number of nitrogens with one attached hydrogen (secondary N) is 1. The fraction of sp³-hybridized carbons (Fsp3) is 0.500. The molecule has 9 nitrogen and oxygen atoms in total. The van der Waals surface area contributed by atoms with Crippen molar-refractivity contribution in [3.8, 4) is 0 Å². The fourth-order valence-corrected chi connectivity index (χ4v) is 6.54. The van der Waals surface area contributed by atoms with E-state index in [9.17, 15) is 9.90 Å². The van der Waals surface area contributed by atoms with Gasteiger partial charge in [0.05, 0.1) is 12.2 Å². The Morgan fingerprint density at radius 3 is 2.82 bits per heavy atom. The largest absolute Gasteiger partial charge is 0.465 e. The van der Waals surface area contributed by atoms with Crippen LogP contribution in [-0.4, -0.2) is 50.6 Å². The van der Waals surface area contributed by atoms with E-state index in [2.05, 4.69) is 50.0 Å². The number of piperidine rings is 1. The third-order valence-electron chi connectivity index (χ3n) is 7.65. The summed E-state index contributed by atoms with van der Waals surface area (Å²) in [6, 6.07) is 8.04. The molecule has 3 aliphatic rings. The average Bonchev–Trinajstić information content (AvgIpc) is 3.34. The first-order valence-corrected chi connectivity index (χ1v) is 13.0. The van der Waals surface area contributed by atoms with Crippen molar-refractivity contribution in [1.82, 2.24) is 25.1 Å². The lowest BCUT2D eigenvalue weighted by Crippen LogP contribution is -2.47. The van der Waals surface area contributed by atoms with Gasteiger partial charge in [0.15, 0.2) is 15.6 Å². The minimum absolute atomic E-state index is 0.0891. The number of aromatic nitrogens is 4. The van der Waals surface area contributed by atoms with Crippen LogP contribution < -0.4 is 10.2 Å². The van der Waals surface area contributed by atoms with Crippen molar-refractivity contribution in [3.05, 3.63) is 45.3 Å². The van der Waals surface area contributed by atoms with Crippen LogP contribution in [0.25, 0.3) is 11.2 Å². The fourth-order valence-electron chi connectivity index (χ4n) is 5.92. The van der Waals surface area contributed by atoms with E-state index in [1.807, 2.05) is 23.0 Å². The van der Waals surface area contributed by atoms with Gasteiger partial charge < -0.3 is 20.1 Å². The number of fused-ring (bicyclic) bond motifs is 2. The molecule has 2 saturated heterocycles. The second-order valence-corrected chi connectivity index (χ2v) is 10.6. The van der Waals surface area contributed by atoms with Gasteiger partial charge in [0.1, 0.15) is 11.3 Å². The summed E-state index contributed by atoms with van der Waals surface area (Å²) in [5, 5.41) is 17.0. The number of hydrogen-bond donors (Lipinski definition) is 2. The van der Waals surface area contributed by atoms with E-state index < -0.39 is 6.09 Å². The van der Waals surface area contributed by atoms with E-state index in [1.165, 1.54) is 5.56 Å².